The lowest BCUT2D eigenvalue weighted by Gasteiger charge is -2.20. The monoisotopic (exact) mass is 439 g/mol. The summed E-state index contributed by atoms with van der Waals surface area (Å²) in [4.78, 5) is 21.5. The maximum atomic E-state index is 14.0. The van der Waals surface area contributed by atoms with Crippen LogP contribution < -0.4 is 10.1 Å². The van der Waals surface area contributed by atoms with Gasteiger partial charge in [0.25, 0.3) is 0 Å². The molecule has 1 aliphatic carbocycles. The second-order valence-electron chi connectivity index (χ2n) is 7.87. The zero-order valence-corrected chi connectivity index (χ0v) is 17.8. The molecule has 6 nitrogen and oxygen atoms in total. The van der Waals surface area contributed by atoms with Crippen molar-refractivity contribution in [2.45, 2.75) is 25.4 Å². The van der Waals surface area contributed by atoms with Crippen molar-refractivity contribution in [3.8, 4) is 5.75 Å². The van der Waals surface area contributed by atoms with Crippen LogP contribution in [0.3, 0.4) is 0 Å². The molecule has 1 aromatic heterocycles. The molecule has 0 radical (unpaired) electrons. The average Bonchev–Trinajstić information content (AvgIpc) is 3.50. The van der Waals surface area contributed by atoms with Crippen LogP contribution in [0.5, 0.6) is 5.75 Å². The minimum atomic E-state index is -0.727. The van der Waals surface area contributed by atoms with Crippen LogP contribution in [0.2, 0.25) is 0 Å². The van der Waals surface area contributed by atoms with Gasteiger partial charge in [0.2, 0.25) is 5.91 Å². The Balaban J connectivity index is 1.58. The van der Waals surface area contributed by atoms with Crippen LogP contribution in [0, 0.1) is 24.5 Å². The molecule has 32 heavy (non-hydrogen) atoms. The molecule has 0 saturated heterocycles. The minimum Gasteiger partial charge on any atom is -0.489 e. The fourth-order valence-corrected chi connectivity index (χ4v) is 3.88. The molecule has 4 rings (SSSR count). The van der Waals surface area contributed by atoms with Gasteiger partial charge in [-0.1, -0.05) is 18.2 Å². The van der Waals surface area contributed by atoms with Crippen molar-refractivity contribution in [1.82, 2.24) is 9.97 Å². The zero-order chi connectivity index (χ0) is 22.7. The normalized spacial score (nSPS) is 19.4. The van der Waals surface area contributed by atoms with Gasteiger partial charge in [-0.25, -0.2) is 18.7 Å². The van der Waals surface area contributed by atoms with E-state index in [1.54, 1.807) is 38.4 Å². The molecular formula is C24H23F2N3O3. The molecule has 0 aliphatic heterocycles. The number of halogens is 2. The van der Waals surface area contributed by atoms with E-state index >= 15 is 0 Å². The summed E-state index contributed by atoms with van der Waals surface area (Å²) in [6.45, 7) is 2.14. The fraction of sp³-hybridized carbons (Fsp3) is 0.292. The second kappa shape index (κ2) is 9.00. The number of amides is 1. The van der Waals surface area contributed by atoms with E-state index in [4.69, 9.17) is 9.47 Å². The Morgan fingerprint density at radius 1 is 1.19 bits per heavy atom. The van der Waals surface area contributed by atoms with E-state index in [0.717, 1.165) is 0 Å². The van der Waals surface area contributed by atoms with Crippen LogP contribution in [-0.2, 0) is 21.6 Å². The van der Waals surface area contributed by atoms with Crippen molar-refractivity contribution in [3.63, 3.8) is 0 Å². The van der Waals surface area contributed by atoms with Crippen LogP contribution in [0.4, 0.5) is 14.5 Å². The van der Waals surface area contributed by atoms with Gasteiger partial charge in [-0.15, -0.1) is 0 Å². The number of rotatable bonds is 8. The Labute approximate surface area is 184 Å². The van der Waals surface area contributed by atoms with Crippen molar-refractivity contribution in [3.05, 3.63) is 83.4 Å². The fourth-order valence-electron chi connectivity index (χ4n) is 3.88. The maximum absolute atomic E-state index is 14.0. The number of hydrogen-bond acceptors (Lipinski definition) is 5. The van der Waals surface area contributed by atoms with Gasteiger partial charge in [0.15, 0.2) is 5.75 Å². The smallest absolute Gasteiger partial charge is 0.228 e. The SMILES string of the molecule is COCc1nc(C)ncc1OC[C@@]1(c2cccc(F)c2)C[C@H]1C(=O)Nc1cccc(F)c1. The molecule has 1 N–H and O–H groups in total. The van der Waals surface area contributed by atoms with E-state index < -0.39 is 23.0 Å². The molecule has 1 saturated carbocycles. The molecule has 1 amide bonds. The van der Waals surface area contributed by atoms with Crippen molar-refractivity contribution < 1.29 is 23.0 Å². The third-order valence-electron chi connectivity index (χ3n) is 5.60. The summed E-state index contributed by atoms with van der Waals surface area (Å²) in [6.07, 6.45) is 2.03. The van der Waals surface area contributed by atoms with Gasteiger partial charge in [0, 0.05) is 18.2 Å². The number of carbonyl (C=O) groups excluding carboxylic acids is 1. The van der Waals surface area contributed by atoms with E-state index in [2.05, 4.69) is 15.3 Å². The van der Waals surface area contributed by atoms with Crippen LogP contribution in [0.15, 0.2) is 54.7 Å². The Hall–Kier alpha value is -3.39. The van der Waals surface area contributed by atoms with Gasteiger partial charge in [0.05, 0.1) is 25.3 Å². The molecule has 2 aromatic carbocycles. The van der Waals surface area contributed by atoms with E-state index in [-0.39, 0.29) is 19.1 Å². The Kier molecular flexibility index (Phi) is 6.14. The number of methoxy groups -OCH3 is 1. The highest BCUT2D eigenvalue weighted by molar-refractivity contribution is 5.96. The third kappa shape index (κ3) is 4.60. The number of benzene rings is 2. The molecule has 0 bridgehead atoms. The number of aromatic nitrogens is 2. The first kappa shape index (κ1) is 21.8. The average molecular weight is 439 g/mol. The van der Waals surface area contributed by atoms with Gasteiger partial charge in [0.1, 0.15) is 23.2 Å². The molecule has 1 heterocycles. The van der Waals surface area contributed by atoms with E-state index in [1.165, 1.54) is 30.3 Å². The maximum Gasteiger partial charge on any atom is 0.228 e. The number of ether oxygens (including phenoxy) is 2. The van der Waals surface area contributed by atoms with Gasteiger partial charge in [-0.3, -0.25) is 4.79 Å². The standard InChI is InChI=1S/C24H23F2N3O3/c1-15-27-12-22(21(28-15)13-31-2)32-14-24(16-5-3-6-17(25)9-16)11-20(24)23(30)29-19-8-4-7-18(26)10-19/h3-10,12,20H,11,13-14H2,1-2H3,(H,29,30)/t20-,24+/m0/s1. The Bertz CT molecular complexity index is 1140. The highest BCUT2D eigenvalue weighted by atomic mass is 19.1. The van der Waals surface area contributed by atoms with Crippen molar-refractivity contribution in [2.24, 2.45) is 5.92 Å². The summed E-state index contributed by atoms with van der Waals surface area (Å²) in [5.41, 5.74) is 0.897. The third-order valence-corrected chi connectivity index (χ3v) is 5.60. The number of hydrogen-bond donors (Lipinski definition) is 1. The molecule has 8 heteroatoms. The largest absolute Gasteiger partial charge is 0.489 e. The number of nitrogens with one attached hydrogen (secondary N) is 1. The lowest BCUT2D eigenvalue weighted by Crippen LogP contribution is -2.27. The predicted molar refractivity (Wildman–Crippen MR) is 114 cm³/mol. The van der Waals surface area contributed by atoms with E-state index in [1.807, 2.05) is 0 Å². The van der Waals surface area contributed by atoms with Gasteiger partial charge >= 0.3 is 0 Å². The predicted octanol–water partition coefficient (Wildman–Crippen LogP) is 4.19. The van der Waals surface area contributed by atoms with Crippen LogP contribution >= 0.6 is 0 Å². The topological polar surface area (TPSA) is 73.3 Å². The molecule has 3 aromatic rings. The number of carbonyl (C=O) groups is 1. The van der Waals surface area contributed by atoms with Gasteiger partial charge in [-0.05, 0) is 49.2 Å². The summed E-state index contributed by atoms with van der Waals surface area (Å²) in [5, 5.41) is 2.75. The van der Waals surface area contributed by atoms with Crippen LogP contribution in [0.25, 0.3) is 0 Å². The molecule has 0 spiro atoms. The first-order valence-corrected chi connectivity index (χ1v) is 10.2. The van der Waals surface area contributed by atoms with Gasteiger partial charge < -0.3 is 14.8 Å². The summed E-state index contributed by atoms with van der Waals surface area (Å²) in [7, 11) is 1.56. The summed E-state index contributed by atoms with van der Waals surface area (Å²) >= 11 is 0. The molecule has 166 valence electrons. The highest BCUT2D eigenvalue weighted by Gasteiger charge is 2.60. The van der Waals surface area contributed by atoms with E-state index in [0.29, 0.717) is 34.9 Å². The Morgan fingerprint density at radius 2 is 1.94 bits per heavy atom. The lowest BCUT2D eigenvalue weighted by atomic mass is 9.93. The van der Waals surface area contributed by atoms with E-state index in [9.17, 15) is 13.6 Å². The summed E-state index contributed by atoms with van der Waals surface area (Å²) < 4.78 is 38.7. The first-order valence-electron chi connectivity index (χ1n) is 10.2. The molecule has 0 unspecified atom stereocenters. The quantitative estimate of drug-likeness (QED) is 0.570. The lowest BCUT2D eigenvalue weighted by molar-refractivity contribution is -0.117. The number of anilines is 1. The first-order chi connectivity index (χ1) is 15.4. The van der Waals surface area contributed by atoms with Crippen molar-refractivity contribution >= 4 is 11.6 Å². The summed E-state index contributed by atoms with van der Waals surface area (Å²) in [5.74, 6) is -0.543. The van der Waals surface area contributed by atoms with Crippen molar-refractivity contribution in [2.75, 3.05) is 19.0 Å². The summed E-state index contributed by atoms with van der Waals surface area (Å²) in [6, 6.07) is 11.9. The second-order valence-corrected chi connectivity index (χ2v) is 7.87. The molecular weight excluding hydrogens is 416 g/mol. The highest BCUT2D eigenvalue weighted by Crippen LogP contribution is 2.55. The zero-order valence-electron chi connectivity index (χ0n) is 17.8. The number of nitrogens with zero attached hydrogens (tertiary/aromatic N) is 2. The van der Waals surface area contributed by atoms with Crippen molar-refractivity contribution in [1.29, 1.82) is 0 Å². The number of aryl methyl sites for hydroxylation is 1. The van der Waals surface area contributed by atoms with Crippen LogP contribution in [-0.4, -0.2) is 29.6 Å². The molecule has 1 fully saturated rings. The molecule has 2 atom stereocenters. The van der Waals surface area contributed by atoms with Gasteiger partial charge in [-0.2, -0.15) is 0 Å². The minimum absolute atomic E-state index is 0.126. The Morgan fingerprint density at radius 3 is 2.66 bits per heavy atom. The molecule has 1 aliphatic rings. The van der Waals surface area contributed by atoms with Crippen LogP contribution in [0.1, 0.15) is 23.5 Å².